The van der Waals surface area contributed by atoms with Crippen molar-refractivity contribution in [1.29, 1.82) is 0 Å². The van der Waals surface area contributed by atoms with Crippen LogP contribution >= 0.6 is 11.6 Å². The number of carbonyl (C=O) groups excluding carboxylic acids is 1. The summed E-state index contributed by atoms with van der Waals surface area (Å²) in [4.78, 5) is 12.1. The minimum atomic E-state index is 0.0488. The van der Waals surface area contributed by atoms with Crippen LogP contribution in [0.15, 0.2) is 42.5 Å². The van der Waals surface area contributed by atoms with Crippen LogP contribution in [-0.2, 0) is 6.42 Å². The summed E-state index contributed by atoms with van der Waals surface area (Å²) in [5.41, 5.74) is 8.89. The summed E-state index contributed by atoms with van der Waals surface area (Å²) >= 11 is 5.83. The number of nitrogen functional groups attached to an aromatic ring is 1. The first-order valence-corrected chi connectivity index (χ1v) is 6.08. The predicted octanol–water partition coefficient (Wildman–Crippen LogP) is 3.66. The second-order valence-corrected chi connectivity index (χ2v) is 4.67. The Labute approximate surface area is 111 Å². The Morgan fingerprint density at radius 1 is 1.22 bits per heavy atom. The van der Waals surface area contributed by atoms with Gasteiger partial charge in [-0.1, -0.05) is 35.9 Å². The van der Waals surface area contributed by atoms with Crippen molar-refractivity contribution < 1.29 is 4.79 Å². The Kier molecular flexibility index (Phi) is 3.68. The number of benzene rings is 2. The minimum Gasteiger partial charge on any atom is -0.398 e. The average Bonchev–Trinajstić information content (AvgIpc) is 2.35. The number of carbonyl (C=O) groups is 1. The summed E-state index contributed by atoms with van der Waals surface area (Å²) in [7, 11) is 0. The maximum absolute atomic E-state index is 12.1. The number of halogens is 1. The van der Waals surface area contributed by atoms with Gasteiger partial charge in [0.15, 0.2) is 5.78 Å². The van der Waals surface area contributed by atoms with Gasteiger partial charge < -0.3 is 5.73 Å². The van der Waals surface area contributed by atoms with E-state index in [0.29, 0.717) is 22.7 Å². The Morgan fingerprint density at radius 3 is 2.61 bits per heavy atom. The molecule has 2 aromatic carbocycles. The third-order valence-electron chi connectivity index (χ3n) is 2.93. The highest BCUT2D eigenvalue weighted by molar-refractivity contribution is 6.33. The summed E-state index contributed by atoms with van der Waals surface area (Å²) in [5.74, 6) is 0.0488. The van der Waals surface area contributed by atoms with Gasteiger partial charge in [0.1, 0.15) is 0 Å². The molecule has 0 atom stereocenters. The van der Waals surface area contributed by atoms with Crippen LogP contribution < -0.4 is 5.73 Å². The van der Waals surface area contributed by atoms with Gasteiger partial charge in [-0.25, -0.2) is 0 Å². The molecule has 0 aliphatic rings. The lowest BCUT2D eigenvalue weighted by Crippen LogP contribution is -2.05. The summed E-state index contributed by atoms with van der Waals surface area (Å²) in [6.45, 7) is 2.00. The zero-order valence-corrected chi connectivity index (χ0v) is 10.9. The van der Waals surface area contributed by atoms with Crippen LogP contribution in [0.25, 0.3) is 0 Å². The lowest BCUT2D eigenvalue weighted by Gasteiger charge is -2.06. The van der Waals surface area contributed by atoms with E-state index in [1.807, 2.05) is 31.2 Å². The third-order valence-corrected chi connectivity index (χ3v) is 3.27. The number of rotatable bonds is 3. The van der Waals surface area contributed by atoms with E-state index in [0.717, 1.165) is 11.1 Å². The molecule has 18 heavy (non-hydrogen) atoms. The Morgan fingerprint density at radius 2 is 1.94 bits per heavy atom. The molecule has 0 fully saturated rings. The van der Waals surface area contributed by atoms with E-state index in [-0.39, 0.29) is 5.78 Å². The monoisotopic (exact) mass is 259 g/mol. The van der Waals surface area contributed by atoms with Crippen LogP contribution in [0, 0.1) is 6.92 Å². The summed E-state index contributed by atoms with van der Waals surface area (Å²) in [6, 6.07) is 12.9. The fourth-order valence-corrected chi connectivity index (χ4v) is 1.92. The highest BCUT2D eigenvalue weighted by atomic mass is 35.5. The molecule has 0 heterocycles. The lowest BCUT2D eigenvalue weighted by atomic mass is 9.99. The van der Waals surface area contributed by atoms with Crippen LogP contribution in [0.5, 0.6) is 0 Å². The van der Waals surface area contributed by atoms with E-state index < -0.39 is 0 Å². The van der Waals surface area contributed by atoms with Gasteiger partial charge in [0.2, 0.25) is 0 Å². The highest BCUT2D eigenvalue weighted by Crippen LogP contribution is 2.21. The number of Topliss-reactive ketones (excluding diaryl/α,β-unsaturated/α-hetero) is 1. The Balaban J connectivity index is 2.22. The van der Waals surface area contributed by atoms with Crippen molar-refractivity contribution in [2.24, 2.45) is 0 Å². The van der Waals surface area contributed by atoms with Crippen LogP contribution in [-0.4, -0.2) is 5.78 Å². The number of hydrogen-bond donors (Lipinski definition) is 1. The van der Waals surface area contributed by atoms with Crippen LogP contribution in [0.4, 0.5) is 5.69 Å². The number of ketones is 1. The normalized spacial score (nSPS) is 10.3. The molecule has 2 nitrogen and oxygen atoms in total. The number of hydrogen-bond acceptors (Lipinski definition) is 2. The summed E-state index contributed by atoms with van der Waals surface area (Å²) in [5, 5.41) is 0.474. The quantitative estimate of drug-likeness (QED) is 0.675. The van der Waals surface area contributed by atoms with Crippen molar-refractivity contribution >= 4 is 23.1 Å². The minimum absolute atomic E-state index is 0.0488. The van der Waals surface area contributed by atoms with E-state index in [4.69, 9.17) is 17.3 Å². The van der Waals surface area contributed by atoms with Gasteiger partial charge in [0.05, 0.1) is 10.7 Å². The van der Waals surface area contributed by atoms with Crippen molar-refractivity contribution in [1.82, 2.24) is 0 Å². The molecule has 0 unspecified atom stereocenters. The second kappa shape index (κ2) is 5.23. The molecule has 2 rings (SSSR count). The van der Waals surface area contributed by atoms with Crippen molar-refractivity contribution in [2.75, 3.05) is 5.73 Å². The van der Waals surface area contributed by atoms with E-state index in [9.17, 15) is 4.79 Å². The van der Waals surface area contributed by atoms with Crippen molar-refractivity contribution in [3.8, 4) is 0 Å². The van der Waals surface area contributed by atoms with Crippen molar-refractivity contribution in [3.05, 3.63) is 64.2 Å². The fraction of sp³-hybridized carbons (Fsp3) is 0.133. The van der Waals surface area contributed by atoms with Gasteiger partial charge >= 0.3 is 0 Å². The fourth-order valence-electron chi connectivity index (χ4n) is 1.80. The zero-order chi connectivity index (χ0) is 13.1. The molecule has 0 radical (unpaired) electrons. The first-order valence-electron chi connectivity index (χ1n) is 5.70. The number of aryl methyl sites for hydroxylation is 1. The molecule has 0 aromatic heterocycles. The van der Waals surface area contributed by atoms with Crippen molar-refractivity contribution in [2.45, 2.75) is 13.3 Å². The van der Waals surface area contributed by atoms with Gasteiger partial charge in [0.25, 0.3) is 0 Å². The molecule has 2 N–H and O–H groups in total. The molecule has 0 aliphatic carbocycles. The maximum Gasteiger partial charge on any atom is 0.167 e. The highest BCUT2D eigenvalue weighted by Gasteiger charge is 2.09. The predicted molar refractivity (Wildman–Crippen MR) is 75.1 cm³/mol. The Hall–Kier alpha value is -1.80. The smallest absolute Gasteiger partial charge is 0.167 e. The summed E-state index contributed by atoms with van der Waals surface area (Å²) < 4.78 is 0. The van der Waals surface area contributed by atoms with Crippen LogP contribution in [0.2, 0.25) is 5.02 Å². The van der Waals surface area contributed by atoms with E-state index in [1.54, 1.807) is 18.2 Å². The number of nitrogens with two attached hydrogens (primary N) is 1. The summed E-state index contributed by atoms with van der Waals surface area (Å²) in [6.07, 6.45) is 0.383. The molecule has 0 aliphatic heterocycles. The molecule has 0 spiro atoms. The molecule has 0 bridgehead atoms. The van der Waals surface area contributed by atoms with Crippen molar-refractivity contribution in [3.63, 3.8) is 0 Å². The van der Waals surface area contributed by atoms with E-state index in [1.165, 1.54) is 0 Å². The van der Waals surface area contributed by atoms with Gasteiger partial charge in [-0.3, -0.25) is 4.79 Å². The Bertz CT molecular complexity index is 593. The van der Waals surface area contributed by atoms with Gasteiger partial charge in [-0.05, 0) is 36.2 Å². The standard InChI is InChI=1S/C15H14ClNO/c1-10-4-2-3-5-11(10)9-15(18)12-6-7-13(16)14(17)8-12/h2-8H,9,17H2,1H3. The topological polar surface area (TPSA) is 43.1 Å². The largest absolute Gasteiger partial charge is 0.398 e. The molecule has 3 heteroatoms. The maximum atomic E-state index is 12.1. The van der Waals surface area contributed by atoms with E-state index >= 15 is 0 Å². The third kappa shape index (κ3) is 2.71. The SMILES string of the molecule is Cc1ccccc1CC(=O)c1ccc(Cl)c(N)c1. The second-order valence-electron chi connectivity index (χ2n) is 4.26. The van der Waals surface area contributed by atoms with Gasteiger partial charge in [-0.15, -0.1) is 0 Å². The molecule has 0 saturated carbocycles. The van der Waals surface area contributed by atoms with E-state index in [2.05, 4.69) is 0 Å². The lowest BCUT2D eigenvalue weighted by molar-refractivity contribution is 0.0993. The molecule has 92 valence electrons. The molecular formula is C15H14ClNO. The van der Waals surface area contributed by atoms with Crippen LogP contribution in [0.1, 0.15) is 21.5 Å². The molecular weight excluding hydrogens is 246 g/mol. The first kappa shape index (κ1) is 12.7. The molecule has 0 saturated heterocycles. The zero-order valence-electron chi connectivity index (χ0n) is 10.1. The van der Waals surface area contributed by atoms with Crippen LogP contribution in [0.3, 0.4) is 0 Å². The molecule has 0 amide bonds. The van der Waals surface area contributed by atoms with Gasteiger partial charge in [0, 0.05) is 12.0 Å². The molecule has 2 aromatic rings. The first-order chi connectivity index (χ1) is 8.58. The average molecular weight is 260 g/mol. The number of anilines is 1. The van der Waals surface area contributed by atoms with Gasteiger partial charge in [-0.2, -0.15) is 0 Å².